The van der Waals surface area contributed by atoms with Gasteiger partial charge >= 0.3 is 0 Å². The Morgan fingerprint density at radius 3 is 2.00 bits per heavy atom. The van der Waals surface area contributed by atoms with Gasteiger partial charge in [-0.1, -0.05) is 57.1 Å². The molecular weight excluding hydrogens is 238 g/mol. The van der Waals surface area contributed by atoms with Crippen LogP contribution in [-0.2, 0) is 0 Å². The van der Waals surface area contributed by atoms with Gasteiger partial charge in [0.15, 0.2) is 0 Å². The normalized spacial score (nSPS) is 42.0. The molecule has 0 aromatic heterocycles. The third-order valence-electron chi connectivity index (χ3n) is 7.91. The third-order valence-corrected chi connectivity index (χ3v) is 7.91. The highest BCUT2D eigenvalue weighted by atomic mass is 14.5. The van der Waals surface area contributed by atoms with Crippen molar-refractivity contribution in [2.45, 2.75) is 76.8 Å². The zero-order chi connectivity index (χ0) is 14.3. The third kappa shape index (κ3) is 2.50. The van der Waals surface area contributed by atoms with Crippen LogP contribution in [0.15, 0.2) is 0 Å². The maximum atomic E-state index is 2.58. The molecule has 0 N–H and O–H groups in total. The molecule has 0 radical (unpaired) electrons. The van der Waals surface area contributed by atoms with Crippen LogP contribution in [0.1, 0.15) is 71.6 Å². The topological polar surface area (TPSA) is 0 Å². The first-order valence-corrected chi connectivity index (χ1v) is 9.51. The minimum absolute atomic E-state index is 0.544. The van der Waals surface area contributed by atoms with Crippen molar-refractivity contribution < 1.29 is 0 Å². The molecule has 0 aromatic rings. The molecule has 0 aromatic carbocycles. The molecule has 0 bridgehead atoms. The highest BCUT2D eigenvalue weighted by Crippen LogP contribution is 2.59. The van der Waals surface area contributed by atoms with Crippen molar-refractivity contribution in [2.75, 3.05) is 0 Å². The van der Waals surface area contributed by atoms with E-state index in [0.717, 1.165) is 35.5 Å². The number of hydrogen-bond acceptors (Lipinski definition) is 0. The molecule has 3 aliphatic carbocycles. The SMILES string of the molecule is BC(B)(C(C)C)C1CC2CCCCC2C2CCCCC21. The zero-order valence-electron chi connectivity index (χ0n) is 14.3. The van der Waals surface area contributed by atoms with Crippen LogP contribution >= 0.6 is 0 Å². The van der Waals surface area contributed by atoms with Gasteiger partial charge in [0.1, 0.15) is 0 Å². The average molecular weight is 272 g/mol. The van der Waals surface area contributed by atoms with Crippen molar-refractivity contribution in [1.82, 2.24) is 0 Å². The molecular formula is C18H34B2. The van der Waals surface area contributed by atoms with Gasteiger partial charge in [-0.15, -0.1) is 0 Å². The van der Waals surface area contributed by atoms with E-state index in [2.05, 4.69) is 29.5 Å². The van der Waals surface area contributed by atoms with Crippen LogP contribution in [0.2, 0.25) is 5.21 Å². The summed E-state index contributed by atoms with van der Waals surface area (Å²) >= 11 is 0. The van der Waals surface area contributed by atoms with E-state index in [0.29, 0.717) is 5.21 Å². The van der Waals surface area contributed by atoms with Crippen molar-refractivity contribution in [2.24, 2.45) is 35.5 Å². The van der Waals surface area contributed by atoms with Gasteiger partial charge in [-0.25, -0.2) is 0 Å². The predicted octanol–water partition coefficient (Wildman–Crippen LogP) is 3.66. The minimum Gasteiger partial charge on any atom is -0.0793 e. The Kier molecular flexibility index (Phi) is 4.31. The van der Waals surface area contributed by atoms with Gasteiger partial charge in [0, 0.05) is 0 Å². The Morgan fingerprint density at radius 1 is 0.800 bits per heavy atom. The summed E-state index contributed by atoms with van der Waals surface area (Å²) in [5, 5.41) is 0.544. The van der Waals surface area contributed by atoms with Gasteiger partial charge in [-0.3, -0.25) is 0 Å². The van der Waals surface area contributed by atoms with Crippen LogP contribution < -0.4 is 0 Å². The summed E-state index contributed by atoms with van der Waals surface area (Å²) in [6.45, 7) is 4.93. The van der Waals surface area contributed by atoms with E-state index in [4.69, 9.17) is 0 Å². The first-order valence-electron chi connectivity index (χ1n) is 9.51. The summed E-state index contributed by atoms with van der Waals surface area (Å²) in [5.74, 6) is 6.22. The van der Waals surface area contributed by atoms with E-state index >= 15 is 0 Å². The van der Waals surface area contributed by atoms with Crippen LogP contribution in [0.4, 0.5) is 0 Å². The summed E-state index contributed by atoms with van der Waals surface area (Å²) in [5.41, 5.74) is 0. The first-order chi connectivity index (χ1) is 9.51. The summed E-state index contributed by atoms with van der Waals surface area (Å²) < 4.78 is 0. The van der Waals surface area contributed by atoms with Crippen molar-refractivity contribution in [1.29, 1.82) is 0 Å². The van der Waals surface area contributed by atoms with Crippen molar-refractivity contribution in [3.05, 3.63) is 0 Å². The molecule has 5 unspecified atom stereocenters. The van der Waals surface area contributed by atoms with Gasteiger partial charge in [0.2, 0.25) is 0 Å². The number of fused-ring (bicyclic) bond motifs is 3. The summed E-state index contributed by atoms with van der Waals surface area (Å²) in [6, 6.07) is 0. The smallest absolute Gasteiger partial charge is 0.0793 e. The van der Waals surface area contributed by atoms with E-state index in [9.17, 15) is 0 Å². The van der Waals surface area contributed by atoms with Crippen LogP contribution in [0.3, 0.4) is 0 Å². The van der Waals surface area contributed by atoms with Crippen LogP contribution in [0.5, 0.6) is 0 Å². The molecule has 0 saturated heterocycles. The Hall–Kier alpha value is 0.130. The van der Waals surface area contributed by atoms with Crippen molar-refractivity contribution >= 4 is 15.7 Å². The molecule has 0 heterocycles. The maximum Gasteiger partial charge on any atom is 0.0999 e. The molecule has 0 spiro atoms. The Bertz CT molecular complexity index is 336. The summed E-state index contributed by atoms with van der Waals surface area (Å²) in [7, 11) is 5.16. The molecule has 3 rings (SSSR count). The molecule has 2 heteroatoms. The second-order valence-electron chi connectivity index (χ2n) is 9.14. The van der Waals surface area contributed by atoms with E-state index in [1.807, 2.05) is 0 Å². The lowest BCUT2D eigenvalue weighted by Crippen LogP contribution is -2.48. The number of rotatable bonds is 2. The zero-order valence-corrected chi connectivity index (χ0v) is 14.3. The summed E-state index contributed by atoms with van der Waals surface area (Å²) in [4.78, 5) is 0. The van der Waals surface area contributed by atoms with E-state index in [1.165, 1.54) is 25.7 Å². The first kappa shape index (κ1) is 15.0. The Labute approximate surface area is 128 Å². The van der Waals surface area contributed by atoms with Gasteiger partial charge in [-0.2, -0.15) is 0 Å². The Balaban J connectivity index is 1.86. The molecule has 3 aliphatic rings. The lowest BCUT2D eigenvalue weighted by atomic mass is 9.37. The predicted molar refractivity (Wildman–Crippen MR) is 93.6 cm³/mol. The van der Waals surface area contributed by atoms with Crippen LogP contribution in [0, 0.1) is 35.5 Å². The van der Waals surface area contributed by atoms with Gasteiger partial charge in [0.05, 0.1) is 15.7 Å². The van der Waals surface area contributed by atoms with Gasteiger partial charge in [-0.05, 0) is 55.3 Å². The molecule has 5 atom stereocenters. The fourth-order valence-corrected chi connectivity index (χ4v) is 6.10. The molecule has 0 nitrogen and oxygen atoms in total. The molecule has 3 saturated carbocycles. The van der Waals surface area contributed by atoms with Gasteiger partial charge < -0.3 is 0 Å². The minimum atomic E-state index is 0.544. The van der Waals surface area contributed by atoms with Crippen LogP contribution in [-0.4, -0.2) is 15.7 Å². The van der Waals surface area contributed by atoms with Crippen LogP contribution in [0.25, 0.3) is 0 Å². The monoisotopic (exact) mass is 272 g/mol. The quantitative estimate of drug-likeness (QED) is 0.673. The summed E-state index contributed by atoms with van der Waals surface area (Å²) in [6.07, 6.45) is 13.9. The highest BCUT2D eigenvalue weighted by Gasteiger charge is 2.50. The average Bonchev–Trinajstić information content (AvgIpc) is 2.46. The van der Waals surface area contributed by atoms with Gasteiger partial charge in [0.25, 0.3) is 0 Å². The van der Waals surface area contributed by atoms with E-state index in [-0.39, 0.29) is 0 Å². The fraction of sp³-hybridized carbons (Fsp3) is 1.00. The molecule has 112 valence electrons. The molecule has 0 aliphatic heterocycles. The molecule has 0 amide bonds. The molecule has 3 fully saturated rings. The molecule has 20 heavy (non-hydrogen) atoms. The lowest BCUT2D eigenvalue weighted by Gasteiger charge is -2.57. The lowest BCUT2D eigenvalue weighted by molar-refractivity contribution is -0.0262. The van der Waals surface area contributed by atoms with E-state index in [1.54, 1.807) is 32.1 Å². The van der Waals surface area contributed by atoms with Crippen molar-refractivity contribution in [3.63, 3.8) is 0 Å². The Morgan fingerprint density at radius 2 is 1.35 bits per heavy atom. The fourth-order valence-electron chi connectivity index (χ4n) is 6.10. The maximum absolute atomic E-state index is 2.58. The number of hydrogen-bond donors (Lipinski definition) is 0. The van der Waals surface area contributed by atoms with Crippen molar-refractivity contribution in [3.8, 4) is 0 Å². The largest absolute Gasteiger partial charge is 0.0999 e. The standard InChI is InChI=1S/C18H34B2/c1-12(2)18(19,20)17-11-13-7-3-4-8-14(13)15-9-5-6-10-16(15)17/h12-17H,3-11,19-20H2,1-2H3. The van der Waals surface area contributed by atoms with E-state index < -0.39 is 0 Å². The second kappa shape index (κ2) is 5.73. The highest BCUT2D eigenvalue weighted by molar-refractivity contribution is 6.40. The second-order valence-corrected chi connectivity index (χ2v) is 9.14.